The highest BCUT2D eigenvalue weighted by Gasteiger charge is 2.23. The molecule has 346 valence electrons. The van der Waals surface area contributed by atoms with Gasteiger partial charge in [-0.15, -0.1) is 0 Å². The van der Waals surface area contributed by atoms with E-state index in [0.717, 1.165) is 42.4 Å². The lowest BCUT2D eigenvalue weighted by molar-refractivity contribution is -0.165. The van der Waals surface area contributed by atoms with E-state index in [4.69, 9.17) is 14.2 Å². The fourth-order valence-corrected chi connectivity index (χ4v) is 5.08. The van der Waals surface area contributed by atoms with E-state index in [9.17, 15) is 33.6 Å². The Bertz CT molecular complexity index is 2070. The Kier molecular flexibility index (Phi) is 30.1. The number of hydrogen-bond donors (Lipinski definition) is 2. The highest BCUT2D eigenvalue weighted by atomic mass is 16.6. The summed E-state index contributed by atoms with van der Waals surface area (Å²) in [7, 11) is 0. The molecule has 0 fully saturated rings. The quantitative estimate of drug-likeness (QED) is 0.0147. The molecule has 1 atom stereocenters. The van der Waals surface area contributed by atoms with Gasteiger partial charge in [-0.05, 0) is 76.0 Å². The van der Waals surface area contributed by atoms with Gasteiger partial charge in [0.1, 0.15) is 13.2 Å². The maximum atomic E-state index is 12.7. The third-order valence-electron chi connectivity index (χ3n) is 8.19. The Balaban J connectivity index is -0.000000185. The standard InChI is InChI=1S/C47H53N3O10.15H2/c1-3-5-7-9-11-13-15-17-19-21-23-25-27-29-45(55)58-37-40(60-47(57)30-28-26-24-22-20-18-16-14-12-10-8-6-4-2)38-59-46(56)34-31-41(51)48-39-49-42(52)35-36-50-43(53)32-33-44(50)54;;;;;;;;;;;;;;;/h29,32-33,40H,1,4,6,8,10,12,14,16,18,20,22,24,26,28,30-31,34-39H2,2H3,(H,48,51)(H,49,52);15*1H. The normalized spacial score (nSPS) is 10.9. The summed E-state index contributed by atoms with van der Waals surface area (Å²) < 4.78 is 15.8. The summed E-state index contributed by atoms with van der Waals surface area (Å²) in [6, 6.07) is 0. The number of nitrogens with zero attached hydrogens (tertiary/aromatic N) is 1. The number of amides is 4. The van der Waals surface area contributed by atoms with E-state index >= 15 is 0 Å². The smallest absolute Gasteiger partial charge is 0.339 e. The molecule has 0 aromatic heterocycles. The zero-order valence-corrected chi connectivity index (χ0v) is 34.4. The van der Waals surface area contributed by atoms with Crippen molar-refractivity contribution in [3.63, 3.8) is 0 Å². The first kappa shape index (κ1) is 51.1. The number of hydrogen-bond acceptors (Lipinski definition) is 10. The molecule has 13 heteroatoms. The van der Waals surface area contributed by atoms with Crippen LogP contribution in [0.5, 0.6) is 0 Å². The molecule has 0 bridgehead atoms. The van der Waals surface area contributed by atoms with Crippen LogP contribution in [-0.2, 0) is 47.8 Å². The summed E-state index contributed by atoms with van der Waals surface area (Å²) in [5.41, 5.74) is 31.7. The monoisotopic (exact) mass is 850 g/mol. The molecule has 2 N–H and O–H groups in total. The van der Waals surface area contributed by atoms with E-state index in [-0.39, 0.29) is 60.3 Å². The summed E-state index contributed by atoms with van der Waals surface area (Å²) in [5, 5.41) is 4.85. The largest absolute Gasteiger partial charge is 0.462 e. The van der Waals surface area contributed by atoms with Gasteiger partial charge in [-0.1, -0.05) is 95.4 Å². The molecule has 0 saturated heterocycles. The zero-order chi connectivity index (χ0) is 43.9. The average Bonchev–Trinajstić information content (AvgIpc) is 3.56. The molecule has 13 nitrogen and oxygen atoms in total. The van der Waals surface area contributed by atoms with Crippen molar-refractivity contribution in [3.05, 3.63) is 99.3 Å². The minimum Gasteiger partial charge on any atom is -0.462 e. The van der Waals surface area contributed by atoms with Crippen LogP contribution >= 0.6 is 0 Å². The maximum absolute atomic E-state index is 12.7. The Morgan fingerprint density at radius 2 is 1.12 bits per heavy atom. The molecule has 60 heavy (non-hydrogen) atoms. The average molecular weight is 850 g/mol. The molecule has 4 amide bonds. The van der Waals surface area contributed by atoms with Crippen LogP contribution in [0.4, 0.5) is 0 Å². The van der Waals surface area contributed by atoms with Gasteiger partial charge in [-0.2, -0.15) is 0 Å². The van der Waals surface area contributed by atoms with E-state index in [1.165, 1.54) is 57.8 Å². The molecular formula is C47H83N3O10. The molecule has 1 heterocycles. The van der Waals surface area contributed by atoms with Crippen molar-refractivity contribution in [2.75, 3.05) is 26.4 Å². The van der Waals surface area contributed by atoms with Crippen molar-refractivity contribution in [1.29, 1.82) is 0 Å². The van der Waals surface area contributed by atoms with Crippen molar-refractivity contribution < 1.29 is 69.2 Å². The van der Waals surface area contributed by atoms with Crippen LogP contribution in [0.25, 0.3) is 0 Å². The molecule has 0 aliphatic carbocycles. The van der Waals surface area contributed by atoms with Gasteiger partial charge in [-0.3, -0.25) is 33.7 Å². The van der Waals surface area contributed by atoms with Crippen LogP contribution in [0.2, 0.25) is 0 Å². The third-order valence-corrected chi connectivity index (χ3v) is 8.19. The number of unbranched alkanes of at least 4 members (excludes halogenated alkanes) is 12. The topological polar surface area (TPSA) is 174 Å². The molecule has 1 aliphatic heterocycles. The van der Waals surface area contributed by atoms with Crippen molar-refractivity contribution in [2.45, 2.75) is 122 Å². The lowest BCUT2D eigenvalue weighted by atomic mass is 10.0. The van der Waals surface area contributed by atoms with Crippen LogP contribution in [0.1, 0.15) is 137 Å². The number of esters is 3. The lowest BCUT2D eigenvalue weighted by Gasteiger charge is -2.18. The number of carbonyl (C=O) groups is 7. The van der Waals surface area contributed by atoms with Gasteiger partial charge < -0.3 is 24.8 Å². The lowest BCUT2D eigenvalue weighted by Crippen LogP contribution is -2.39. The molecule has 1 unspecified atom stereocenters. The number of nitrogens with one attached hydrogen (secondary N) is 2. The van der Waals surface area contributed by atoms with E-state index in [0.29, 0.717) is 6.42 Å². The van der Waals surface area contributed by atoms with Gasteiger partial charge in [-0.25, -0.2) is 4.79 Å². The molecule has 0 saturated carbocycles. The molecular weight excluding hydrogens is 767 g/mol. The van der Waals surface area contributed by atoms with Crippen molar-refractivity contribution in [1.82, 2.24) is 15.5 Å². The Labute approximate surface area is 374 Å². The molecule has 0 aromatic rings. The van der Waals surface area contributed by atoms with Gasteiger partial charge in [0.05, 0.1) is 19.2 Å². The molecule has 0 aromatic carbocycles. The van der Waals surface area contributed by atoms with Crippen molar-refractivity contribution in [2.24, 2.45) is 0 Å². The van der Waals surface area contributed by atoms with E-state index in [1.54, 1.807) is 0 Å². The second kappa shape index (κ2) is 35.3. The molecule has 1 rings (SSSR count). The van der Waals surface area contributed by atoms with Crippen molar-refractivity contribution >= 4 is 41.5 Å². The SMILES string of the molecule is C=C=C=C=C=C=C=C=C=C=C=C=C=C=CC(=O)OCC(COC(=O)CCC(=O)NCNC(=O)CCN1C(=O)C=CC1=O)OC(=O)CCCCCCCCCCCCCCC.[HH].[HH].[HH].[HH].[HH].[HH].[HH].[HH].[HH].[HH].[HH].[HH].[HH].[HH].[HH]. The Morgan fingerprint density at radius 3 is 1.67 bits per heavy atom. The summed E-state index contributed by atoms with van der Waals surface area (Å²) in [6.45, 7) is 4.33. The van der Waals surface area contributed by atoms with E-state index in [2.05, 4.69) is 98.6 Å². The highest BCUT2D eigenvalue weighted by Crippen LogP contribution is 2.13. The summed E-state index contributed by atoms with van der Waals surface area (Å²) in [4.78, 5) is 85.6. The van der Waals surface area contributed by atoms with Gasteiger partial charge in [0.15, 0.2) is 6.10 Å². The predicted octanol–water partition coefficient (Wildman–Crippen LogP) is 9.64. The van der Waals surface area contributed by atoms with E-state index in [1.807, 2.05) is 0 Å². The molecule has 1 aliphatic rings. The van der Waals surface area contributed by atoms with Gasteiger partial charge in [0.2, 0.25) is 11.8 Å². The number of imide groups is 1. The van der Waals surface area contributed by atoms with Crippen molar-refractivity contribution in [3.8, 4) is 0 Å². The number of rotatable bonds is 28. The first-order valence-electron chi connectivity index (χ1n) is 20.1. The fraction of sp³-hybridized carbons (Fsp3) is 0.489. The first-order chi connectivity index (χ1) is 29.2. The third kappa shape index (κ3) is 29.4. The van der Waals surface area contributed by atoms with Gasteiger partial charge >= 0.3 is 17.9 Å². The minimum absolute atomic E-state index is 0. The summed E-state index contributed by atoms with van der Waals surface area (Å²) in [5.74, 6) is -4.24. The Morgan fingerprint density at radius 1 is 0.633 bits per heavy atom. The zero-order valence-electron chi connectivity index (χ0n) is 34.4. The molecule has 0 radical (unpaired) electrons. The fourth-order valence-electron chi connectivity index (χ4n) is 5.08. The summed E-state index contributed by atoms with van der Waals surface area (Å²) in [6.07, 6.45) is 16.4. The highest BCUT2D eigenvalue weighted by molar-refractivity contribution is 6.13. The second-order valence-corrected chi connectivity index (χ2v) is 13.0. The van der Waals surface area contributed by atoms with Crippen LogP contribution in [0, 0.1) is 0 Å². The van der Waals surface area contributed by atoms with Crippen LogP contribution in [-0.4, -0.2) is 79.0 Å². The maximum Gasteiger partial charge on any atom is 0.339 e. The Hall–Kier alpha value is -6.89. The van der Waals surface area contributed by atoms with Crippen LogP contribution < -0.4 is 10.6 Å². The van der Waals surface area contributed by atoms with Gasteiger partial charge in [0, 0.05) is 59.4 Å². The minimum atomic E-state index is -1.12. The van der Waals surface area contributed by atoms with E-state index < -0.39 is 60.9 Å². The van der Waals surface area contributed by atoms with Crippen LogP contribution in [0.15, 0.2) is 99.3 Å². The molecule has 0 spiro atoms. The number of carbonyl (C=O) groups excluding carboxylic acids is 7. The number of ether oxygens (including phenoxy) is 3. The van der Waals surface area contributed by atoms with Crippen LogP contribution in [0.3, 0.4) is 0 Å². The summed E-state index contributed by atoms with van der Waals surface area (Å²) >= 11 is 0. The van der Waals surface area contributed by atoms with Gasteiger partial charge in [0.25, 0.3) is 11.8 Å². The predicted molar refractivity (Wildman–Crippen MR) is 251 cm³/mol. The second-order valence-electron chi connectivity index (χ2n) is 13.0. The first-order valence-corrected chi connectivity index (χ1v) is 20.1.